The lowest BCUT2D eigenvalue weighted by Gasteiger charge is -2.15. The van der Waals surface area contributed by atoms with E-state index in [-0.39, 0.29) is 31.6 Å². The maximum Gasteiger partial charge on any atom is 0.334 e. The normalized spacial score (nSPS) is 15.7. The molecule has 0 N–H and O–H groups in total. The van der Waals surface area contributed by atoms with E-state index in [1.807, 2.05) is 0 Å². The topological polar surface area (TPSA) is 142 Å². The number of nitrogens with zero attached hydrogens (tertiary/aromatic N) is 5. The smallest absolute Gasteiger partial charge is 0.334 e. The molecule has 0 saturated carbocycles. The maximum atomic E-state index is 12.2. The molecule has 3 rings (SSSR count). The van der Waals surface area contributed by atoms with E-state index in [4.69, 9.17) is 13.7 Å². The molecule has 1 unspecified atom stereocenters. The van der Waals surface area contributed by atoms with E-state index < -0.39 is 23.7 Å². The minimum absolute atomic E-state index is 0.0274. The minimum Gasteiger partial charge on any atom is -0.426 e. The molecular weight excluding hydrogens is 334 g/mol. The second-order valence-electron chi connectivity index (χ2n) is 5.52. The Bertz CT molecular complexity index is 796. The molecule has 0 spiro atoms. The standard InChI is InChI=1S/C14H15N5O6/c1-7-15-17-10(23-7)5-9(14-18-16-8(2)24-14)6-13(22)25-19-11(20)3-4-12(19)21/h9H,3-6H2,1-2H3. The summed E-state index contributed by atoms with van der Waals surface area (Å²) < 4.78 is 10.7. The van der Waals surface area contributed by atoms with Crippen molar-refractivity contribution in [2.24, 2.45) is 0 Å². The molecule has 25 heavy (non-hydrogen) atoms. The van der Waals surface area contributed by atoms with E-state index in [2.05, 4.69) is 20.4 Å². The molecule has 132 valence electrons. The third-order valence-electron chi connectivity index (χ3n) is 3.49. The van der Waals surface area contributed by atoms with Gasteiger partial charge < -0.3 is 13.7 Å². The molecule has 1 aliphatic rings. The molecular formula is C14H15N5O6. The number of rotatable bonds is 6. The van der Waals surface area contributed by atoms with Crippen LogP contribution in [0.3, 0.4) is 0 Å². The fourth-order valence-corrected chi connectivity index (χ4v) is 2.35. The van der Waals surface area contributed by atoms with Gasteiger partial charge in [-0.3, -0.25) is 9.59 Å². The molecule has 1 atom stereocenters. The summed E-state index contributed by atoms with van der Waals surface area (Å²) in [6, 6.07) is 0. The Morgan fingerprint density at radius 1 is 1.08 bits per heavy atom. The van der Waals surface area contributed by atoms with Crippen LogP contribution in [0.25, 0.3) is 0 Å². The van der Waals surface area contributed by atoms with E-state index in [1.165, 1.54) is 0 Å². The highest BCUT2D eigenvalue weighted by molar-refractivity contribution is 6.01. The van der Waals surface area contributed by atoms with Gasteiger partial charge in [-0.1, -0.05) is 0 Å². The third-order valence-corrected chi connectivity index (χ3v) is 3.49. The highest BCUT2D eigenvalue weighted by atomic mass is 16.7. The molecule has 3 heterocycles. The van der Waals surface area contributed by atoms with Crippen molar-refractivity contribution in [1.82, 2.24) is 25.5 Å². The lowest BCUT2D eigenvalue weighted by Crippen LogP contribution is -2.32. The van der Waals surface area contributed by atoms with E-state index in [0.29, 0.717) is 22.7 Å². The summed E-state index contributed by atoms with van der Waals surface area (Å²) in [5.41, 5.74) is 0. The molecule has 1 aliphatic heterocycles. The monoisotopic (exact) mass is 349 g/mol. The van der Waals surface area contributed by atoms with Gasteiger partial charge in [-0.15, -0.1) is 25.5 Å². The lowest BCUT2D eigenvalue weighted by atomic mass is 10.0. The quantitative estimate of drug-likeness (QED) is 0.672. The molecule has 11 nitrogen and oxygen atoms in total. The molecule has 1 fully saturated rings. The van der Waals surface area contributed by atoms with E-state index in [9.17, 15) is 14.4 Å². The Balaban J connectivity index is 1.71. The first-order chi connectivity index (χ1) is 11.9. The molecule has 2 aromatic heterocycles. The summed E-state index contributed by atoms with van der Waals surface area (Å²) in [6.07, 6.45) is 0.0128. The number of hydrogen-bond acceptors (Lipinski definition) is 10. The average molecular weight is 349 g/mol. The van der Waals surface area contributed by atoms with Gasteiger partial charge in [0.2, 0.25) is 23.6 Å². The molecule has 0 bridgehead atoms. The Morgan fingerprint density at radius 2 is 1.72 bits per heavy atom. The Labute approximate surface area is 141 Å². The van der Waals surface area contributed by atoms with Crippen LogP contribution in [0.2, 0.25) is 0 Å². The highest BCUT2D eigenvalue weighted by Gasteiger charge is 2.34. The minimum atomic E-state index is -0.777. The number of imide groups is 1. The van der Waals surface area contributed by atoms with Gasteiger partial charge in [0.05, 0.1) is 12.3 Å². The number of aryl methyl sites for hydroxylation is 2. The SMILES string of the molecule is Cc1nnc(CC(CC(=O)ON2C(=O)CCC2=O)c2nnc(C)o2)o1. The largest absolute Gasteiger partial charge is 0.426 e. The van der Waals surface area contributed by atoms with Crippen LogP contribution in [0.1, 0.15) is 48.7 Å². The molecule has 11 heteroatoms. The first-order valence-corrected chi connectivity index (χ1v) is 7.58. The summed E-state index contributed by atoms with van der Waals surface area (Å²) in [6.45, 7) is 3.26. The van der Waals surface area contributed by atoms with Crippen molar-refractivity contribution in [3.63, 3.8) is 0 Å². The zero-order chi connectivity index (χ0) is 18.0. The number of hydrogen-bond donors (Lipinski definition) is 0. The number of hydroxylamine groups is 2. The number of carbonyl (C=O) groups is 3. The van der Waals surface area contributed by atoms with E-state index in [1.54, 1.807) is 13.8 Å². The zero-order valence-electron chi connectivity index (χ0n) is 13.6. The third kappa shape index (κ3) is 3.87. The maximum absolute atomic E-state index is 12.2. The van der Waals surface area contributed by atoms with Crippen molar-refractivity contribution in [3.8, 4) is 0 Å². The Kier molecular flexibility index (Phi) is 4.55. The number of carbonyl (C=O) groups excluding carboxylic acids is 3. The van der Waals surface area contributed by atoms with Gasteiger partial charge in [0.25, 0.3) is 11.8 Å². The van der Waals surface area contributed by atoms with Crippen molar-refractivity contribution < 1.29 is 28.1 Å². The number of aromatic nitrogens is 4. The van der Waals surface area contributed by atoms with Gasteiger partial charge in [0, 0.05) is 33.1 Å². The predicted molar refractivity (Wildman–Crippen MR) is 76.3 cm³/mol. The lowest BCUT2D eigenvalue weighted by molar-refractivity contribution is -0.197. The van der Waals surface area contributed by atoms with Crippen molar-refractivity contribution in [3.05, 3.63) is 23.6 Å². The molecule has 0 aliphatic carbocycles. The van der Waals surface area contributed by atoms with Crippen LogP contribution < -0.4 is 0 Å². The van der Waals surface area contributed by atoms with Crippen molar-refractivity contribution >= 4 is 17.8 Å². The molecule has 0 aromatic carbocycles. The van der Waals surface area contributed by atoms with Crippen LogP contribution >= 0.6 is 0 Å². The Morgan fingerprint density at radius 3 is 2.28 bits per heavy atom. The predicted octanol–water partition coefficient (Wildman–Crippen LogP) is 0.393. The first-order valence-electron chi connectivity index (χ1n) is 7.58. The van der Waals surface area contributed by atoms with Gasteiger partial charge in [-0.2, -0.15) is 0 Å². The first kappa shape index (κ1) is 16.7. The summed E-state index contributed by atoms with van der Waals surface area (Å²) in [4.78, 5) is 40.1. The van der Waals surface area contributed by atoms with Crippen LogP contribution in [-0.2, 0) is 25.6 Å². The van der Waals surface area contributed by atoms with Crippen LogP contribution in [0, 0.1) is 13.8 Å². The summed E-state index contributed by atoms with van der Waals surface area (Å²) in [7, 11) is 0. The van der Waals surface area contributed by atoms with Gasteiger partial charge in [0.15, 0.2) is 0 Å². The molecule has 2 amide bonds. The zero-order valence-corrected chi connectivity index (χ0v) is 13.6. The second-order valence-corrected chi connectivity index (χ2v) is 5.52. The summed E-state index contributed by atoms with van der Waals surface area (Å²) in [5, 5.41) is 15.7. The summed E-state index contributed by atoms with van der Waals surface area (Å²) in [5.74, 6) is -1.26. The van der Waals surface area contributed by atoms with Crippen LogP contribution in [0.15, 0.2) is 8.83 Å². The van der Waals surface area contributed by atoms with Crippen LogP contribution in [-0.4, -0.2) is 43.2 Å². The van der Waals surface area contributed by atoms with Crippen LogP contribution in [0.5, 0.6) is 0 Å². The van der Waals surface area contributed by atoms with E-state index >= 15 is 0 Å². The van der Waals surface area contributed by atoms with Gasteiger partial charge in [0.1, 0.15) is 0 Å². The number of amides is 2. The Hall–Kier alpha value is -3.11. The molecule has 1 saturated heterocycles. The highest BCUT2D eigenvalue weighted by Crippen LogP contribution is 2.24. The summed E-state index contributed by atoms with van der Waals surface area (Å²) >= 11 is 0. The van der Waals surface area contributed by atoms with Gasteiger partial charge in [-0.25, -0.2) is 4.79 Å². The van der Waals surface area contributed by atoms with Crippen LogP contribution in [0.4, 0.5) is 0 Å². The fraction of sp³-hybridized carbons (Fsp3) is 0.500. The van der Waals surface area contributed by atoms with Gasteiger partial charge >= 0.3 is 5.97 Å². The molecule has 2 aromatic rings. The van der Waals surface area contributed by atoms with E-state index in [0.717, 1.165) is 0 Å². The van der Waals surface area contributed by atoms with Gasteiger partial charge in [-0.05, 0) is 0 Å². The average Bonchev–Trinajstić information content (AvgIpc) is 3.24. The van der Waals surface area contributed by atoms with Crippen molar-refractivity contribution in [2.45, 2.75) is 45.4 Å². The fourth-order valence-electron chi connectivity index (χ4n) is 2.35. The van der Waals surface area contributed by atoms with Crippen molar-refractivity contribution in [2.75, 3.05) is 0 Å². The molecule has 0 radical (unpaired) electrons. The second kappa shape index (κ2) is 6.79. The van der Waals surface area contributed by atoms with Crippen molar-refractivity contribution in [1.29, 1.82) is 0 Å².